The molecule has 84 valence electrons. The molecule has 1 aromatic carbocycles. The molecule has 3 N–H and O–H groups in total. The second-order valence-electron chi connectivity index (χ2n) is 4.89. The van der Waals surface area contributed by atoms with Crippen LogP contribution in [0.15, 0.2) is 24.3 Å². The van der Waals surface area contributed by atoms with Crippen LogP contribution in [0.1, 0.15) is 32.4 Å². The standard InChI is InChI=1S/C12H18ClNO/c1-12(2,3)11(15)10(14)8-4-6-9(13)7-5-8/h4-7,10-11,15H,14H2,1-3H3/t10-,11-/m0/s1. The molecule has 0 heterocycles. The quantitative estimate of drug-likeness (QED) is 0.816. The Morgan fingerprint density at radius 2 is 1.67 bits per heavy atom. The van der Waals surface area contributed by atoms with Crippen LogP contribution >= 0.6 is 11.6 Å². The van der Waals surface area contributed by atoms with Gasteiger partial charge >= 0.3 is 0 Å². The summed E-state index contributed by atoms with van der Waals surface area (Å²) in [6, 6.07) is 6.89. The van der Waals surface area contributed by atoms with Gasteiger partial charge in [0.25, 0.3) is 0 Å². The summed E-state index contributed by atoms with van der Waals surface area (Å²) in [6.07, 6.45) is -0.571. The van der Waals surface area contributed by atoms with Crippen molar-refractivity contribution in [3.63, 3.8) is 0 Å². The molecule has 0 aliphatic carbocycles. The molecule has 0 spiro atoms. The average Bonchev–Trinajstić information content (AvgIpc) is 2.15. The minimum Gasteiger partial charge on any atom is -0.391 e. The van der Waals surface area contributed by atoms with E-state index < -0.39 is 6.10 Å². The SMILES string of the molecule is CC(C)(C)[C@@H](O)[C@@H](N)c1ccc(Cl)cc1. The Bertz CT molecular complexity index is 315. The Morgan fingerprint density at radius 3 is 2.07 bits per heavy atom. The zero-order chi connectivity index (χ0) is 11.6. The lowest BCUT2D eigenvalue weighted by atomic mass is 9.82. The molecular weight excluding hydrogens is 210 g/mol. The highest BCUT2D eigenvalue weighted by molar-refractivity contribution is 6.30. The number of benzene rings is 1. The lowest BCUT2D eigenvalue weighted by Crippen LogP contribution is -2.36. The van der Waals surface area contributed by atoms with Crippen molar-refractivity contribution < 1.29 is 5.11 Å². The number of hydrogen-bond donors (Lipinski definition) is 2. The maximum absolute atomic E-state index is 10.0. The zero-order valence-electron chi connectivity index (χ0n) is 9.37. The zero-order valence-corrected chi connectivity index (χ0v) is 10.1. The van der Waals surface area contributed by atoms with Crippen LogP contribution in [0.2, 0.25) is 5.02 Å². The molecule has 0 radical (unpaired) electrons. The van der Waals surface area contributed by atoms with Crippen molar-refractivity contribution in [2.24, 2.45) is 11.1 Å². The first-order chi connectivity index (χ1) is 6.82. The molecule has 1 rings (SSSR count). The number of aliphatic hydroxyl groups is 1. The second kappa shape index (κ2) is 4.52. The van der Waals surface area contributed by atoms with Gasteiger partial charge in [-0.1, -0.05) is 44.5 Å². The highest BCUT2D eigenvalue weighted by Crippen LogP contribution is 2.28. The number of halogens is 1. The maximum atomic E-state index is 10.0. The largest absolute Gasteiger partial charge is 0.391 e. The molecule has 2 nitrogen and oxygen atoms in total. The third kappa shape index (κ3) is 3.20. The third-order valence-electron chi connectivity index (χ3n) is 2.48. The topological polar surface area (TPSA) is 46.2 Å². The summed E-state index contributed by atoms with van der Waals surface area (Å²) < 4.78 is 0. The summed E-state index contributed by atoms with van der Waals surface area (Å²) in [5.41, 5.74) is 6.66. The summed E-state index contributed by atoms with van der Waals surface area (Å²) in [7, 11) is 0. The van der Waals surface area contributed by atoms with Crippen LogP contribution in [0.5, 0.6) is 0 Å². The molecule has 0 amide bonds. The molecule has 0 saturated heterocycles. The van der Waals surface area contributed by atoms with Crippen LogP contribution in [-0.4, -0.2) is 11.2 Å². The predicted octanol–water partition coefficient (Wildman–Crippen LogP) is 2.75. The van der Waals surface area contributed by atoms with Gasteiger partial charge in [0.05, 0.1) is 12.1 Å². The first kappa shape index (κ1) is 12.5. The van der Waals surface area contributed by atoms with Crippen molar-refractivity contribution in [1.82, 2.24) is 0 Å². The fourth-order valence-corrected chi connectivity index (χ4v) is 1.53. The van der Waals surface area contributed by atoms with Gasteiger partial charge in [0.1, 0.15) is 0 Å². The summed E-state index contributed by atoms with van der Waals surface area (Å²) >= 11 is 5.78. The monoisotopic (exact) mass is 227 g/mol. The van der Waals surface area contributed by atoms with Crippen LogP contribution in [0, 0.1) is 5.41 Å². The summed E-state index contributed by atoms with van der Waals surface area (Å²) in [4.78, 5) is 0. The van der Waals surface area contributed by atoms with Gasteiger partial charge in [-0.2, -0.15) is 0 Å². The first-order valence-corrected chi connectivity index (χ1v) is 5.39. The molecule has 1 aromatic rings. The van der Waals surface area contributed by atoms with Gasteiger partial charge in [0, 0.05) is 5.02 Å². The minimum atomic E-state index is -0.571. The molecule has 0 aliphatic rings. The van der Waals surface area contributed by atoms with Gasteiger partial charge in [-0.25, -0.2) is 0 Å². The van der Waals surface area contributed by atoms with Crippen molar-refractivity contribution in [3.05, 3.63) is 34.9 Å². The maximum Gasteiger partial charge on any atom is 0.0780 e. The molecule has 3 heteroatoms. The molecule has 0 saturated carbocycles. The molecule has 15 heavy (non-hydrogen) atoms. The first-order valence-electron chi connectivity index (χ1n) is 5.01. The normalized spacial score (nSPS) is 16.1. The Labute approximate surface area is 96.1 Å². The molecule has 0 aromatic heterocycles. The van der Waals surface area contributed by atoms with Crippen LogP contribution < -0.4 is 5.73 Å². The van der Waals surface area contributed by atoms with E-state index in [1.165, 1.54) is 0 Å². The van der Waals surface area contributed by atoms with E-state index in [0.717, 1.165) is 5.56 Å². The van der Waals surface area contributed by atoms with E-state index in [1.54, 1.807) is 12.1 Å². The van der Waals surface area contributed by atoms with Gasteiger partial charge in [-0.05, 0) is 23.1 Å². The second-order valence-corrected chi connectivity index (χ2v) is 5.32. The van der Waals surface area contributed by atoms with Crippen LogP contribution in [0.4, 0.5) is 0 Å². The Hall–Kier alpha value is -0.570. The molecular formula is C12H18ClNO. The van der Waals surface area contributed by atoms with Gasteiger partial charge in [-0.15, -0.1) is 0 Å². The highest BCUT2D eigenvalue weighted by atomic mass is 35.5. The van der Waals surface area contributed by atoms with E-state index in [1.807, 2.05) is 32.9 Å². The fourth-order valence-electron chi connectivity index (χ4n) is 1.41. The molecule has 0 fully saturated rings. The Balaban J connectivity index is 2.85. The number of hydrogen-bond acceptors (Lipinski definition) is 2. The summed E-state index contributed by atoms with van der Waals surface area (Å²) in [5, 5.41) is 10.7. The van der Waals surface area contributed by atoms with Crippen molar-refractivity contribution in [2.75, 3.05) is 0 Å². The third-order valence-corrected chi connectivity index (χ3v) is 2.73. The summed E-state index contributed by atoms with van der Waals surface area (Å²) in [5.74, 6) is 0. The van der Waals surface area contributed by atoms with E-state index in [0.29, 0.717) is 5.02 Å². The molecule has 0 unspecified atom stereocenters. The number of aliphatic hydroxyl groups excluding tert-OH is 1. The molecule has 0 aliphatic heterocycles. The van der Waals surface area contributed by atoms with E-state index in [9.17, 15) is 5.11 Å². The van der Waals surface area contributed by atoms with Gasteiger partial charge in [0.2, 0.25) is 0 Å². The number of nitrogens with two attached hydrogens (primary N) is 1. The van der Waals surface area contributed by atoms with Crippen molar-refractivity contribution in [1.29, 1.82) is 0 Å². The van der Waals surface area contributed by atoms with Gasteiger partial charge < -0.3 is 10.8 Å². The van der Waals surface area contributed by atoms with Crippen molar-refractivity contribution in [2.45, 2.75) is 32.9 Å². The highest BCUT2D eigenvalue weighted by Gasteiger charge is 2.28. The fraction of sp³-hybridized carbons (Fsp3) is 0.500. The lowest BCUT2D eigenvalue weighted by Gasteiger charge is -2.31. The van der Waals surface area contributed by atoms with Gasteiger partial charge in [-0.3, -0.25) is 0 Å². The van der Waals surface area contributed by atoms with Crippen molar-refractivity contribution in [3.8, 4) is 0 Å². The van der Waals surface area contributed by atoms with E-state index >= 15 is 0 Å². The van der Waals surface area contributed by atoms with Crippen LogP contribution in [0.3, 0.4) is 0 Å². The predicted molar refractivity (Wildman–Crippen MR) is 63.8 cm³/mol. The Kier molecular flexibility index (Phi) is 3.77. The van der Waals surface area contributed by atoms with Crippen LogP contribution in [-0.2, 0) is 0 Å². The van der Waals surface area contributed by atoms with E-state index in [2.05, 4.69) is 0 Å². The summed E-state index contributed by atoms with van der Waals surface area (Å²) in [6.45, 7) is 5.90. The van der Waals surface area contributed by atoms with Crippen LogP contribution in [0.25, 0.3) is 0 Å². The minimum absolute atomic E-state index is 0.223. The van der Waals surface area contributed by atoms with E-state index in [-0.39, 0.29) is 11.5 Å². The average molecular weight is 228 g/mol. The lowest BCUT2D eigenvalue weighted by molar-refractivity contribution is 0.0401. The van der Waals surface area contributed by atoms with E-state index in [4.69, 9.17) is 17.3 Å². The number of rotatable bonds is 2. The molecule has 0 bridgehead atoms. The van der Waals surface area contributed by atoms with Gasteiger partial charge in [0.15, 0.2) is 0 Å². The Morgan fingerprint density at radius 1 is 1.20 bits per heavy atom. The molecule has 2 atom stereocenters. The van der Waals surface area contributed by atoms with Crippen molar-refractivity contribution >= 4 is 11.6 Å². The smallest absolute Gasteiger partial charge is 0.0780 e.